The maximum Gasteiger partial charge on any atom is 0.118 e. The van der Waals surface area contributed by atoms with Crippen LogP contribution in [0.3, 0.4) is 0 Å². The number of ether oxygens (including phenoxy) is 1. The largest absolute Gasteiger partial charge is 0.497 e. The number of aromatic nitrogens is 1. The molecular weight excluding hydrogens is 210 g/mol. The number of pyridine rings is 1. The molecule has 0 saturated carbocycles. The zero-order valence-corrected chi connectivity index (χ0v) is 9.03. The summed E-state index contributed by atoms with van der Waals surface area (Å²) in [6.45, 7) is 0. The maximum atomic E-state index is 5.76. The third-order valence-electron chi connectivity index (χ3n) is 2.11. The van der Waals surface area contributed by atoms with E-state index < -0.39 is 0 Å². The molecule has 0 N–H and O–H groups in total. The standard InChI is InChI=1S/C12H10ClNO/c1-15-11-5-2-9(3-6-11)12-7-4-10(13)8-14-12/h2-8H,1H3. The van der Waals surface area contributed by atoms with Gasteiger partial charge in [-0.15, -0.1) is 0 Å². The maximum absolute atomic E-state index is 5.76. The van der Waals surface area contributed by atoms with Gasteiger partial charge < -0.3 is 4.74 Å². The number of nitrogens with zero attached hydrogens (tertiary/aromatic N) is 1. The highest BCUT2D eigenvalue weighted by Crippen LogP contribution is 2.21. The van der Waals surface area contributed by atoms with Crippen molar-refractivity contribution in [2.24, 2.45) is 0 Å². The summed E-state index contributed by atoms with van der Waals surface area (Å²) in [6, 6.07) is 11.5. The molecule has 1 aromatic carbocycles. The molecule has 0 aliphatic heterocycles. The summed E-state index contributed by atoms with van der Waals surface area (Å²) in [5, 5.41) is 0.646. The van der Waals surface area contributed by atoms with E-state index in [1.54, 1.807) is 13.3 Å². The molecule has 0 aliphatic carbocycles. The first-order valence-electron chi connectivity index (χ1n) is 4.55. The fourth-order valence-electron chi connectivity index (χ4n) is 1.31. The Hall–Kier alpha value is -1.54. The molecule has 0 spiro atoms. The van der Waals surface area contributed by atoms with Gasteiger partial charge in [-0.2, -0.15) is 0 Å². The van der Waals surface area contributed by atoms with Crippen LogP contribution in [0.25, 0.3) is 11.3 Å². The molecule has 0 fully saturated rings. The van der Waals surface area contributed by atoms with E-state index in [4.69, 9.17) is 16.3 Å². The van der Waals surface area contributed by atoms with Gasteiger partial charge in [0.1, 0.15) is 5.75 Å². The average molecular weight is 220 g/mol. The minimum atomic E-state index is 0.646. The molecular formula is C12H10ClNO. The van der Waals surface area contributed by atoms with Crippen molar-refractivity contribution in [3.63, 3.8) is 0 Å². The Morgan fingerprint density at radius 2 is 1.80 bits per heavy atom. The van der Waals surface area contributed by atoms with Gasteiger partial charge in [0.2, 0.25) is 0 Å². The van der Waals surface area contributed by atoms with Crippen LogP contribution >= 0.6 is 11.6 Å². The highest BCUT2D eigenvalue weighted by Gasteiger charge is 1.99. The van der Waals surface area contributed by atoms with Crippen molar-refractivity contribution in [3.8, 4) is 17.0 Å². The summed E-state index contributed by atoms with van der Waals surface area (Å²) in [5.74, 6) is 0.840. The lowest BCUT2D eigenvalue weighted by Crippen LogP contribution is -1.84. The van der Waals surface area contributed by atoms with E-state index in [0.29, 0.717) is 5.02 Å². The van der Waals surface area contributed by atoms with Gasteiger partial charge in [0.05, 0.1) is 17.8 Å². The van der Waals surface area contributed by atoms with Crippen molar-refractivity contribution < 1.29 is 4.74 Å². The Bertz CT molecular complexity index is 436. The highest BCUT2D eigenvalue weighted by atomic mass is 35.5. The Morgan fingerprint density at radius 1 is 1.07 bits per heavy atom. The Kier molecular flexibility index (Phi) is 2.88. The summed E-state index contributed by atoms with van der Waals surface area (Å²) in [5.41, 5.74) is 1.95. The minimum Gasteiger partial charge on any atom is -0.497 e. The molecule has 0 bridgehead atoms. The normalized spacial score (nSPS) is 10.0. The van der Waals surface area contributed by atoms with Crippen molar-refractivity contribution in [3.05, 3.63) is 47.6 Å². The number of benzene rings is 1. The van der Waals surface area contributed by atoms with Crippen molar-refractivity contribution in [2.75, 3.05) is 7.11 Å². The molecule has 1 heterocycles. The molecule has 0 unspecified atom stereocenters. The fraction of sp³-hybridized carbons (Fsp3) is 0.0833. The van der Waals surface area contributed by atoms with Gasteiger partial charge in [-0.1, -0.05) is 11.6 Å². The molecule has 0 radical (unpaired) electrons. The number of rotatable bonds is 2. The predicted molar refractivity (Wildman–Crippen MR) is 61.2 cm³/mol. The number of methoxy groups -OCH3 is 1. The molecule has 0 saturated heterocycles. The van der Waals surface area contributed by atoms with Crippen LogP contribution in [0.15, 0.2) is 42.6 Å². The third kappa shape index (κ3) is 2.28. The second-order valence-electron chi connectivity index (χ2n) is 3.09. The lowest BCUT2D eigenvalue weighted by Gasteiger charge is -2.02. The van der Waals surface area contributed by atoms with E-state index >= 15 is 0 Å². The van der Waals surface area contributed by atoms with Crippen LogP contribution < -0.4 is 4.74 Å². The lowest BCUT2D eigenvalue weighted by atomic mass is 10.1. The second kappa shape index (κ2) is 4.32. The summed E-state index contributed by atoms with van der Waals surface area (Å²) in [7, 11) is 1.65. The zero-order chi connectivity index (χ0) is 10.7. The van der Waals surface area contributed by atoms with Crippen molar-refractivity contribution in [2.45, 2.75) is 0 Å². The van der Waals surface area contributed by atoms with Gasteiger partial charge in [0.15, 0.2) is 0 Å². The third-order valence-corrected chi connectivity index (χ3v) is 2.34. The first kappa shape index (κ1) is 9.99. The van der Waals surface area contributed by atoms with Crippen LogP contribution in [0, 0.1) is 0 Å². The zero-order valence-electron chi connectivity index (χ0n) is 8.27. The fourth-order valence-corrected chi connectivity index (χ4v) is 1.42. The number of hydrogen-bond donors (Lipinski definition) is 0. The first-order chi connectivity index (χ1) is 7.29. The van der Waals surface area contributed by atoms with Crippen molar-refractivity contribution >= 4 is 11.6 Å². The van der Waals surface area contributed by atoms with E-state index in [1.165, 1.54) is 0 Å². The monoisotopic (exact) mass is 219 g/mol. The van der Waals surface area contributed by atoms with E-state index in [0.717, 1.165) is 17.0 Å². The molecule has 2 rings (SSSR count). The average Bonchev–Trinajstić information content (AvgIpc) is 2.30. The quantitative estimate of drug-likeness (QED) is 0.772. The molecule has 2 nitrogen and oxygen atoms in total. The molecule has 2 aromatic rings. The van der Waals surface area contributed by atoms with Gasteiger partial charge in [0.25, 0.3) is 0 Å². The van der Waals surface area contributed by atoms with Crippen molar-refractivity contribution in [1.82, 2.24) is 4.98 Å². The van der Waals surface area contributed by atoms with Gasteiger partial charge in [0, 0.05) is 11.8 Å². The molecule has 0 atom stereocenters. The van der Waals surface area contributed by atoms with Crippen LogP contribution in [0.2, 0.25) is 5.02 Å². The molecule has 76 valence electrons. The van der Waals surface area contributed by atoms with Crippen LogP contribution in [-0.2, 0) is 0 Å². The number of hydrogen-bond acceptors (Lipinski definition) is 2. The topological polar surface area (TPSA) is 22.1 Å². The summed E-state index contributed by atoms with van der Waals surface area (Å²) in [4.78, 5) is 4.23. The summed E-state index contributed by atoms with van der Waals surface area (Å²) < 4.78 is 5.08. The smallest absolute Gasteiger partial charge is 0.118 e. The second-order valence-corrected chi connectivity index (χ2v) is 3.53. The SMILES string of the molecule is COc1ccc(-c2ccc(Cl)cn2)cc1. The Morgan fingerprint density at radius 3 is 2.33 bits per heavy atom. The van der Waals surface area contributed by atoms with Gasteiger partial charge in [-0.3, -0.25) is 4.98 Å². The molecule has 15 heavy (non-hydrogen) atoms. The lowest BCUT2D eigenvalue weighted by molar-refractivity contribution is 0.415. The van der Waals surface area contributed by atoms with Gasteiger partial charge >= 0.3 is 0 Å². The number of halogens is 1. The molecule has 0 aliphatic rings. The molecule has 1 aromatic heterocycles. The van der Waals surface area contributed by atoms with Crippen LogP contribution in [-0.4, -0.2) is 12.1 Å². The summed E-state index contributed by atoms with van der Waals surface area (Å²) in [6.07, 6.45) is 1.64. The van der Waals surface area contributed by atoms with Crippen LogP contribution in [0.1, 0.15) is 0 Å². The first-order valence-corrected chi connectivity index (χ1v) is 4.93. The molecule has 0 amide bonds. The van der Waals surface area contributed by atoms with Gasteiger partial charge in [-0.25, -0.2) is 0 Å². The van der Waals surface area contributed by atoms with Crippen LogP contribution in [0.5, 0.6) is 5.75 Å². The summed E-state index contributed by atoms with van der Waals surface area (Å²) >= 11 is 5.76. The predicted octanol–water partition coefficient (Wildman–Crippen LogP) is 3.41. The van der Waals surface area contributed by atoms with Gasteiger partial charge in [-0.05, 0) is 36.4 Å². The Balaban J connectivity index is 2.33. The van der Waals surface area contributed by atoms with Crippen LogP contribution in [0.4, 0.5) is 0 Å². The van der Waals surface area contributed by atoms with E-state index in [1.807, 2.05) is 36.4 Å². The van der Waals surface area contributed by atoms with E-state index in [9.17, 15) is 0 Å². The van der Waals surface area contributed by atoms with E-state index in [2.05, 4.69) is 4.98 Å². The Labute approximate surface area is 93.5 Å². The van der Waals surface area contributed by atoms with Crippen molar-refractivity contribution in [1.29, 1.82) is 0 Å². The minimum absolute atomic E-state index is 0.646. The highest BCUT2D eigenvalue weighted by molar-refractivity contribution is 6.30. The van der Waals surface area contributed by atoms with E-state index in [-0.39, 0.29) is 0 Å². The molecule has 3 heteroatoms.